The maximum absolute atomic E-state index is 9.30. The Morgan fingerprint density at radius 1 is 1.65 bits per heavy atom. The van der Waals surface area contributed by atoms with Crippen molar-refractivity contribution in [3.05, 3.63) is 12.2 Å². The van der Waals surface area contributed by atoms with Crippen LogP contribution in [0.4, 0.5) is 0 Å². The lowest BCUT2D eigenvalue weighted by Crippen LogP contribution is -2.24. The summed E-state index contributed by atoms with van der Waals surface area (Å²) in [5, 5.41) is 13.5. The van der Waals surface area contributed by atoms with E-state index in [9.17, 15) is 5.26 Å². The van der Waals surface area contributed by atoms with Gasteiger partial charge in [0, 0.05) is 19.6 Å². The fourth-order valence-electron chi connectivity index (χ4n) is 2.10. The van der Waals surface area contributed by atoms with E-state index in [1.807, 2.05) is 4.68 Å². The van der Waals surface area contributed by atoms with Crippen molar-refractivity contribution in [1.29, 1.82) is 5.26 Å². The normalized spacial score (nSPS) is 24.1. The fourth-order valence-corrected chi connectivity index (χ4v) is 2.10. The molecule has 1 unspecified atom stereocenters. The quantitative estimate of drug-likeness (QED) is 0.790. The maximum atomic E-state index is 9.30. The zero-order valence-electron chi connectivity index (χ0n) is 10.4. The highest BCUT2D eigenvalue weighted by atomic mass is 16.5. The molecule has 1 atom stereocenters. The molecule has 0 bridgehead atoms. The SMILES string of the molecule is CC(C)Cn1ncnc1CC1(C#N)CCOC1. The van der Waals surface area contributed by atoms with Crippen molar-refractivity contribution in [2.75, 3.05) is 13.2 Å². The van der Waals surface area contributed by atoms with E-state index in [0.29, 0.717) is 25.6 Å². The Kier molecular flexibility index (Phi) is 3.43. The third-order valence-corrected chi connectivity index (χ3v) is 3.07. The zero-order valence-corrected chi connectivity index (χ0v) is 10.4. The lowest BCUT2D eigenvalue weighted by atomic mass is 9.85. The van der Waals surface area contributed by atoms with Gasteiger partial charge in [0.1, 0.15) is 12.2 Å². The molecule has 2 heterocycles. The molecule has 1 aliphatic rings. The average molecular weight is 234 g/mol. The minimum absolute atomic E-state index is 0.401. The van der Waals surface area contributed by atoms with E-state index in [-0.39, 0.29) is 0 Å². The number of hydrogen-bond acceptors (Lipinski definition) is 4. The van der Waals surface area contributed by atoms with Crippen LogP contribution in [-0.4, -0.2) is 28.0 Å². The number of aromatic nitrogens is 3. The molecule has 1 fully saturated rings. The summed E-state index contributed by atoms with van der Waals surface area (Å²) in [6.07, 6.45) is 2.99. The van der Waals surface area contributed by atoms with Crippen LogP contribution in [0.3, 0.4) is 0 Å². The molecule has 0 aliphatic carbocycles. The van der Waals surface area contributed by atoms with Gasteiger partial charge in [0.25, 0.3) is 0 Å². The number of nitrogens with zero attached hydrogens (tertiary/aromatic N) is 4. The first-order chi connectivity index (χ1) is 8.15. The summed E-state index contributed by atoms with van der Waals surface area (Å²) in [6, 6.07) is 2.39. The molecule has 0 saturated carbocycles. The molecular formula is C12H18N4O. The number of hydrogen-bond donors (Lipinski definition) is 0. The third kappa shape index (κ3) is 2.64. The van der Waals surface area contributed by atoms with E-state index in [1.54, 1.807) is 6.33 Å². The molecule has 1 aliphatic heterocycles. The highest BCUT2D eigenvalue weighted by Crippen LogP contribution is 2.31. The van der Waals surface area contributed by atoms with E-state index in [0.717, 1.165) is 18.8 Å². The van der Waals surface area contributed by atoms with Crippen molar-refractivity contribution in [3.63, 3.8) is 0 Å². The Balaban J connectivity index is 2.13. The van der Waals surface area contributed by atoms with Gasteiger partial charge in [-0.3, -0.25) is 0 Å². The highest BCUT2D eigenvalue weighted by Gasteiger charge is 2.36. The Morgan fingerprint density at radius 2 is 2.47 bits per heavy atom. The highest BCUT2D eigenvalue weighted by molar-refractivity contribution is 5.07. The molecule has 0 N–H and O–H groups in total. The van der Waals surface area contributed by atoms with Crippen LogP contribution in [-0.2, 0) is 17.7 Å². The maximum Gasteiger partial charge on any atom is 0.138 e. The summed E-state index contributed by atoms with van der Waals surface area (Å²) < 4.78 is 7.25. The lowest BCUT2D eigenvalue weighted by Gasteiger charge is -2.18. The largest absolute Gasteiger partial charge is 0.380 e. The second-order valence-corrected chi connectivity index (χ2v) is 5.12. The van der Waals surface area contributed by atoms with Crippen molar-refractivity contribution in [2.45, 2.75) is 33.2 Å². The molecular weight excluding hydrogens is 216 g/mol. The van der Waals surface area contributed by atoms with Crippen LogP contribution in [0.5, 0.6) is 0 Å². The van der Waals surface area contributed by atoms with Gasteiger partial charge in [-0.2, -0.15) is 10.4 Å². The topological polar surface area (TPSA) is 63.7 Å². The molecule has 17 heavy (non-hydrogen) atoms. The first-order valence-electron chi connectivity index (χ1n) is 6.01. The van der Waals surface area contributed by atoms with E-state index in [2.05, 4.69) is 30.0 Å². The lowest BCUT2D eigenvalue weighted by molar-refractivity contribution is 0.170. The summed E-state index contributed by atoms with van der Waals surface area (Å²) in [6.45, 7) is 6.32. The predicted octanol–water partition coefficient (Wildman–Crippen LogP) is 1.41. The Hall–Kier alpha value is -1.41. The van der Waals surface area contributed by atoms with Crippen LogP contribution in [0.25, 0.3) is 0 Å². The first-order valence-corrected chi connectivity index (χ1v) is 6.01. The molecule has 0 spiro atoms. The Bertz CT molecular complexity index is 412. The second kappa shape index (κ2) is 4.84. The van der Waals surface area contributed by atoms with Crippen LogP contribution in [0, 0.1) is 22.7 Å². The van der Waals surface area contributed by atoms with Gasteiger partial charge >= 0.3 is 0 Å². The van der Waals surface area contributed by atoms with Crippen molar-refractivity contribution >= 4 is 0 Å². The van der Waals surface area contributed by atoms with Crippen molar-refractivity contribution in [1.82, 2.24) is 14.8 Å². The molecule has 2 rings (SSSR count). The minimum Gasteiger partial charge on any atom is -0.380 e. The molecule has 1 aromatic rings. The van der Waals surface area contributed by atoms with E-state index in [1.165, 1.54) is 0 Å². The molecule has 1 aromatic heterocycles. The number of rotatable bonds is 4. The monoisotopic (exact) mass is 234 g/mol. The first kappa shape index (κ1) is 12.1. The third-order valence-electron chi connectivity index (χ3n) is 3.07. The smallest absolute Gasteiger partial charge is 0.138 e. The van der Waals surface area contributed by atoms with E-state index >= 15 is 0 Å². The molecule has 0 radical (unpaired) electrons. The van der Waals surface area contributed by atoms with Gasteiger partial charge in [-0.05, 0) is 12.3 Å². The summed E-state index contributed by atoms with van der Waals surface area (Å²) >= 11 is 0. The molecule has 0 aromatic carbocycles. The zero-order chi connectivity index (χ0) is 12.3. The van der Waals surface area contributed by atoms with Crippen LogP contribution in [0.1, 0.15) is 26.1 Å². The number of nitriles is 1. The summed E-state index contributed by atoms with van der Waals surface area (Å²) in [7, 11) is 0. The van der Waals surface area contributed by atoms with Crippen LogP contribution in [0.15, 0.2) is 6.33 Å². The molecule has 5 heteroatoms. The van der Waals surface area contributed by atoms with Gasteiger partial charge < -0.3 is 4.74 Å². The van der Waals surface area contributed by atoms with Crippen LogP contribution >= 0.6 is 0 Å². The van der Waals surface area contributed by atoms with Gasteiger partial charge in [-0.25, -0.2) is 9.67 Å². The molecule has 5 nitrogen and oxygen atoms in total. The second-order valence-electron chi connectivity index (χ2n) is 5.12. The predicted molar refractivity (Wildman–Crippen MR) is 62.0 cm³/mol. The molecule has 0 amide bonds. The van der Waals surface area contributed by atoms with E-state index < -0.39 is 5.41 Å². The van der Waals surface area contributed by atoms with Gasteiger partial charge in [-0.15, -0.1) is 0 Å². The summed E-state index contributed by atoms with van der Waals surface area (Å²) in [5.41, 5.74) is -0.401. The van der Waals surface area contributed by atoms with Crippen LogP contribution < -0.4 is 0 Å². The van der Waals surface area contributed by atoms with Crippen LogP contribution in [0.2, 0.25) is 0 Å². The average Bonchev–Trinajstić information content (AvgIpc) is 2.90. The van der Waals surface area contributed by atoms with Crippen molar-refractivity contribution in [3.8, 4) is 6.07 Å². The number of ether oxygens (including phenoxy) is 1. The minimum atomic E-state index is -0.401. The van der Waals surface area contributed by atoms with Gasteiger partial charge in [0.05, 0.1) is 18.1 Å². The van der Waals surface area contributed by atoms with E-state index in [4.69, 9.17) is 4.74 Å². The molecule has 1 saturated heterocycles. The van der Waals surface area contributed by atoms with Crippen molar-refractivity contribution < 1.29 is 4.74 Å². The summed E-state index contributed by atoms with van der Waals surface area (Å²) in [4.78, 5) is 4.27. The Morgan fingerprint density at radius 3 is 3.06 bits per heavy atom. The standard InChI is InChI=1S/C12H18N4O/c1-10(2)6-16-11(14-9-15-16)5-12(7-13)3-4-17-8-12/h9-10H,3-6,8H2,1-2H3. The fraction of sp³-hybridized carbons (Fsp3) is 0.750. The van der Waals surface area contributed by atoms with Gasteiger partial charge in [-0.1, -0.05) is 13.8 Å². The van der Waals surface area contributed by atoms with Gasteiger partial charge in [0.2, 0.25) is 0 Å². The summed E-state index contributed by atoms with van der Waals surface area (Å²) in [5.74, 6) is 1.42. The van der Waals surface area contributed by atoms with Gasteiger partial charge in [0.15, 0.2) is 0 Å². The molecule has 92 valence electrons. The Labute approximate surface area is 101 Å². The van der Waals surface area contributed by atoms with Crippen molar-refractivity contribution in [2.24, 2.45) is 11.3 Å².